The fraction of sp³-hybridized carbons (Fsp3) is 0.833. The summed E-state index contributed by atoms with van der Waals surface area (Å²) in [5.41, 5.74) is -0.506. The van der Waals surface area contributed by atoms with Gasteiger partial charge in [0.25, 0.3) is 0 Å². The molecule has 0 aromatic heterocycles. The van der Waals surface area contributed by atoms with Gasteiger partial charge in [-0.2, -0.15) is 0 Å². The smallest absolute Gasteiger partial charge is 0.352 e. The number of carbonyl (C=O) groups excluding carboxylic acids is 1. The molecular formula is C12H24N2O2. The highest BCUT2D eigenvalue weighted by atomic mass is 16.6. The van der Waals surface area contributed by atoms with E-state index >= 15 is 0 Å². The van der Waals surface area contributed by atoms with E-state index in [2.05, 4.69) is 5.32 Å². The highest BCUT2D eigenvalue weighted by Gasteiger charge is 2.21. The van der Waals surface area contributed by atoms with Crippen LogP contribution in [-0.4, -0.2) is 29.4 Å². The Hall–Kier alpha value is -0.900. The molecule has 0 amide bonds. The fourth-order valence-electron chi connectivity index (χ4n) is 1.36. The molecular weight excluding hydrogens is 204 g/mol. The molecule has 1 atom stereocenters. The van der Waals surface area contributed by atoms with Gasteiger partial charge < -0.3 is 10.1 Å². The molecule has 0 rings (SSSR count). The number of rotatable bonds is 5. The summed E-state index contributed by atoms with van der Waals surface area (Å²) in [5, 5.41) is 10.9. The molecule has 0 aromatic carbocycles. The first kappa shape index (κ1) is 15.1. The summed E-state index contributed by atoms with van der Waals surface area (Å²) in [6.45, 7) is 11.4. The first-order valence-electron chi connectivity index (χ1n) is 5.68. The summed E-state index contributed by atoms with van der Waals surface area (Å²) in [6, 6.07) is 0.460. The fourth-order valence-corrected chi connectivity index (χ4v) is 1.36. The molecule has 0 bridgehead atoms. The molecule has 94 valence electrons. The third kappa shape index (κ3) is 7.40. The van der Waals surface area contributed by atoms with Gasteiger partial charge in [-0.25, -0.2) is 4.79 Å². The topological polar surface area (TPSA) is 62.2 Å². The summed E-state index contributed by atoms with van der Waals surface area (Å²) in [5.74, 6) is -0.523. The minimum atomic E-state index is -0.530. The highest BCUT2D eigenvalue weighted by molar-refractivity contribution is 6.35. The molecule has 0 aliphatic heterocycles. The standard InChI is InChI=1S/C12H24N2O2/c1-8(2)14-9(3)7-10(13)11(15)16-12(4,5)6/h8-9,13-14H,7H2,1-6H3. The number of hydrogen-bond donors (Lipinski definition) is 2. The number of nitrogens with one attached hydrogen (secondary N) is 2. The zero-order chi connectivity index (χ0) is 12.9. The van der Waals surface area contributed by atoms with Crippen LogP contribution in [0.25, 0.3) is 0 Å². The van der Waals surface area contributed by atoms with Crippen molar-refractivity contribution in [3.63, 3.8) is 0 Å². The molecule has 0 saturated carbocycles. The normalized spacial score (nSPS) is 13.7. The monoisotopic (exact) mass is 228 g/mol. The lowest BCUT2D eigenvalue weighted by molar-refractivity contribution is -0.146. The van der Waals surface area contributed by atoms with Crippen molar-refractivity contribution in [3.8, 4) is 0 Å². The van der Waals surface area contributed by atoms with Gasteiger partial charge >= 0.3 is 5.97 Å². The predicted octanol–water partition coefficient (Wildman–Crippen LogP) is 2.12. The van der Waals surface area contributed by atoms with E-state index in [4.69, 9.17) is 10.1 Å². The van der Waals surface area contributed by atoms with Gasteiger partial charge in [-0.3, -0.25) is 5.41 Å². The van der Waals surface area contributed by atoms with Gasteiger partial charge in [-0.15, -0.1) is 0 Å². The van der Waals surface area contributed by atoms with E-state index in [1.54, 1.807) is 20.8 Å². The molecule has 4 heteroatoms. The lowest BCUT2D eigenvalue weighted by Crippen LogP contribution is -2.37. The maximum Gasteiger partial charge on any atom is 0.352 e. The Morgan fingerprint density at radius 1 is 1.31 bits per heavy atom. The summed E-state index contributed by atoms with van der Waals surface area (Å²) in [6.07, 6.45) is 0.396. The van der Waals surface area contributed by atoms with Gasteiger partial charge in [0, 0.05) is 18.5 Å². The number of hydrogen-bond acceptors (Lipinski definition) is 4. The van der Waals surface area contributed by atoms with Crippen LogP contribution in [0, 0.1) is 5.41 Å². The molecule has 0 saturated heterocycles. The predicted molar refractivity (Wildman–Crippen MR) is 65.9 cm³/mol. The minimum Gasteiger partial charge on any atom is -0.456 e. The second-order valence-electron chi connectivity index (χ2n) is 5.41. The SMILES string of the molecule is CC(C)NC(C)CC(=N)C(=O)OC(C)(C)C. The number of ether oxygens (including phenoxy) is 1. The summed E-state index contributed by atoms with van der Waals surface area (Å²) >= 11 is 0. The van der Waals surface area contributed by atoms with Gasteiger partial charge in [0.15, 0.2) is 0 Å². The third-order valence-corrected chi connectivity index (χ3v) is 1.77. The van der Waals surface area contributed by atoms with E-state index in [9.17, 15) is 4.79 Å². The Labute approximate surface area is 98.3 Å². The molecule has 16 heavy (non-hydrogen) atoms. The van der Waals surface area contributed by atoms with E-state index in [1.807, 2.05) is 20.8 Å². The van der Waals surface area contributed by atoms with Crippen LogP contribution in [0.2, 0.25) is 0 Å². The van der Waals surface area contributed by atoms with E-state index in [0.717, 1.165) is 0 Å². The Bertz CT molecular complexity index is 254. The molecule has 1 unspecified atom stereocenters. The van der Waals surface area contributed by atoms with Gasteiger partial charge in [0.05, 0.1) is 0 Å². The Morgan fingerprint density at radius 2 is 1.81 bits per heavy atom. The lowest BCUT2D eigenvalue weighted by Gasteiger charge is -2.21. The van der Waals surface area contributed by atoms with Gasteiger partial charge in [-0.05, 0) is 27.7 Å². The van der Waals surface area contributed by atoms with Crippen molar-refractivity contribution in [2.24, 2.45) is 0 Å². The molecule has 0 aliphatic rings. The lowest BCUT2D eigenvalue weighted by atomic mass is 10.1. The second kappa shape index (κ2) is 5.99. The molecule has 0 aliphatic carbocycles. The van der Waals surface area contributed by atoms with Gasteiger partial charge in [0.1, 0.15) is 11.3 Å². The molecule has 0 radical (unpaired) electrons. The first-order chi connectivity index (χ1) is 7.11. The van der Waals surface area contributed by atoms with Crippen LogP contribution in [0.4, 0.5) is 0 Å². The van der Waals surface area contributed by atoms with Crippen LogP contribution in [0.1, 0.15) is 48.0 Å². The molecule has 0 heterocycles. The summed E-state index contributed by atoms with van der Waals surface area (Å²) < 4.78 is 5.11. The van der Waals surface area contributed by atoms with Crippen molar-refractivity contribution in [1.82, 2.24) is 5.32 Å². The largest absolute Gasteiger partial charge is 0.456 e. The maximum atomic E-state index is 11.5. The van der Waals surface area contributed by atoms with Crippen LogP contribution in [0.15, 0.2) is 0 Å². The van der Waals surface area contributed by atoms with Crippen LogP contribution >= 0.6 is 0 Å². The number of esters is 1. The zero-order valence-electron chi connectivity index (χ0n) is 11.2. The Kier molecular flexibility index (Phi) is 5.65. The molecule has 0 fully saturated rings. The Morgan fingerprint density at radius 3 is 2.19 bits per heavy atom. The van der Waals surface area contributed by atoms with Crippen LogP contribution in [-0.2, 0) is 9.53 Å². The van der Waals surface area contributed by atoms with Crippen molar-refractivity contribution >= 4 is 11.7 Å². The van der Waals surface area contributed by atoms with Crippen LogP contribution in [0.3, 0.4) is 0 Å². The maximum absolute atomic E-state index is 11.5. The molecule has 4 nitrogen and oxygen atoms in total. The second-order valence-corrected chi connectivity index (χ2v) is 5.41. The van der Waals surface area contributed by atoms with Crippen molar-refractivity contribution in [2.45, 2.75) is 65.6 Å². The Balaban J connectivity index is 4.11. The van der Waals surface area contributed by atoms with Crippen molar-refractivity contribution in [2.75, 3.05) is 0 Å². The van der Waals surface area contributed by atoms with Crippen molar-refractivity contribution in [1.29, 1.82) is 5.41 Å². The van der Waals surface area contributed by atoms with Gasteiger partial charge in [0.2, 0.25) is 0 Å². The zero-order valence-corrected chi connectivity index (χ0v) is 11.2. The van der Waals surface area contributed by atoms with Crippen LogP contribution in [0.5, 0.6) is 0 Å². The van der Waals surface area contributed by atoms with Crippen molar-refractivity contribution < 1.29 is 9.53 Å². The van der Waals surface area contributed by atoms with E-state index < -0.39 is 11.6 Å². The summed E-state index contributed by atoms with van der Waals surface area (Å²) in [7, 11) is 0. The van der Waals surface area contributed by atoms with Crippen molar-refractivity contribution in [3.05, 3.63) is 0 Å². The molecule has 0 spiro atoms. The van der Waals surface area contributed by atoms with Gasteiger partial charge in [-0.1, -0.05) is 13.8 Å². The quantitative estimate of drug-likeness (QED) is 0.559. The summed E-state index contributed by atoms with van der Waals surface area (Å²) in [4.78, 5) is 11.5. The molecule has 0 aromatic rings. The average Bonchev–Trinajstić information content (AvgIpc) is 1.98. The van der Waals surface area contributed by atoms with Crippen LogP contribution < -0.4 is 5.32 Å². The third-order valence-electron chi connectivity index (χ3n) is 1.77. The van der Waals surface area contributed by atoms with E-state index in [1.165, 1.54) is 0 Å². The first-order valence-corrected chi connectivity index (χ1v) is 5.68. The molecule has 2 N–H and O–H groups in total. The highest BCUT2D eigenvalue weighted by Crippen LogP contribution is 2.08. The number of carbonyl (C=O) groups is 1. The minimum absolute atomic E-state index is 0.0237. The van der Waals surface area contributed by atoms with E-state index in [0.29, 0.717) is 12.5 Å². The average molecular weight is 228 g/mol. The van der Waals surface area contributed by atoms with E-state index in [-0.39, 0.29) is 11.8 Å².